The average molecular weight is 377 g/mol. The van der Waals surface area contributed by atoms with Crippen molar-refractivity contribution in [3.05, 3.63) is 74.1 Å². The largest absolute Gasteiger partial charge is 0.507 e. The molecule has 1 aromatic heterocycles. The van der Waals surface area contributed by atoms with Crippen LogP contribution in [0, 0.1) is 0 Å². The highest BCUT2D eigenvalue weighted by atomic mass is 35.5. The van der Waals surface area contributed by atoms with Gasteiger partial charge < -0.3 is 9.52 Å². The van der Waals surface area contributed by atoms with E-state index < -0.39 is 11.5 Å². The first-order valence-corrected chi connectivity index (χ1v) is 8.33. The van der Waals surface area contributed by atoms with Gasteiger partial charge in [-0.1, -0.05) is 53.5 Å². The Morgan fingerprint density at radius 3 is 2.52 bits per heavy atom. The number of carbonyl (C=O) groups is 1. The number of carbonyl (C=O) groups excluding carboxylic acids is 1. The van der Waals surface area contributed by atoms with E-state index in [2.05, 4.69) is 0 Å². The highest BCUT2D eigenvalue weighted by Gasteiger charge is 2.26. The van der Waals surface area contributed by atoms with E-state index >= 15 is 0 Å². The summed E-state index contributed by atoms with van der Waals surface area (Å²) >= 11 is 12.1. The highest BCUT2D eigenvalue weighted by molar-refractivity contribution is 6.38. The summed E-state index contributed by atoms with van der Waals surface area (Å²) in [6.07, 6.45) is 0.0577. The zero-order valence-electron chi connectivity index (χ0n) is 13.3. The number of Topliss-reactive ketones (excluding diaryl/α,β-unsaturated/α-hetero) is 1. The second-order valence-corrected chi connectivity index (χ2v) is 6.63. The molecule has 0 fully saturated rings. The molecule has 0 aliphatic rings. The van der Waals surface area contributed by atoms with E-state index in [0.29, 0.717) is 5.02 Å². The van der Waals surface area contributed by atoms with Crippen molar-refractivity contribution in [3.63, 3.8) is 0 Å². The Morgan fingerprint density at radius 1 is 1.20 bits per heavy atom. The summed E-state index contributed by atoms with van der Waals surface area (Å²) in [4.78, 5) is 24.3. The maximum absolute atomic E-state index is 12.6. The van der Waals surface area contributed by atoms with Crippen molar-refractivity contribution in [3.8, 4) is 5.75 Å². The molecule has 0 saturated heterocycles. The average Bonchev–Trinajstić information content (AvgIpc) is 2.56. The fraction of sp³-hybridized carbons (Fsp3) is 0.158. The van der Waals surface area contributed by atoms with Crippen molar-refractivity contribution in [2.75, 3.05) is 0 Å². The Balaban J connectivity index is 2.31. The van der Waals surface area contributed by atoms with Gasteiger partial charge in [-0.05, 0) is 24.6 Å². The van der Waals surface area contributed by atoms with Crippen molar-refractivity contribution < 1.29 is 14.3 Å². The minimum absolute atomic E-state index is 0.0206. The van der Waals surface area contributed by atoms with E-state index in [1.54, 1.807) is 24.3 Å². The van der Waals surface area contributed by atoms with Crippen LogP contribution in [-0.2, 0) is 4.79 Å². The van der Waals surface area contributed by atoms with E-state index in [9.17, 15) is 14.7 Å². The van der Waals surface area contributed by atoms with Crippen molar-refractivity contribution in [1.29, 1.82) is 0 Å². The molecule has 2 aromatic carbocycles. The number of hydrogen-bond donors (Lipinski definition) is 1. The summed E-state index contributed by atoms with van der Waals surface area (Å²) in [5.41, 5.74) is 0.0799. The fourth-order valence-corrected chi connectivity index (χ4v) is 3.43. The smallest absolute Gasteiger partial charge is 0.343 e. The van der Waals surface area contributed by atoms with Crippen molar-refractivity contribution in [2.24, 2.45) is 0 Å². The number of benzene rings is 2. The Labute approximate surface area is 153 Å². The first-order valence-electron chi connectivity index (χ1n) is 7.57. The molecule has 3 rings (SSSR count). The molecule has 1 atom stereocenters. The summed E-state index contributed by atoms with van der Waals surface area (Å²) in [5, 5.41) is 11.4. The molecule has 1 N–H and O–H groups in total. The summed E-state index contributed by atoms with van der Waals surface area (Å²) in [7, 11) is 0. The van der Waals surface area contributed by atoms with Gasteiger partial charge >= 0.3 is 5.63 Å². The molecule has 1 heterocycles. The zero-order valence-corrected chi connectivity index (χ0v) is 14.8. The Kier molecular flexibility index (Phi) is 4.84. The number of halogens is 2. The van der Waals surface area contributed by atoms with Gasteiger partial charge in [0, 0.05) is 17.4 Å². The molecule has 128 valence electrons. The van der Waals surface area contributed by atoms with Crippen LogP contribution in [0.25, 0.3) is 11.0 Å². The van der Waals surface area contributed by atoms with E-state index in [-0.39, 0.29) is 39.5 Å². The zero-order chi connectivity index (χ0) is 18.1. The van der Waals surface area contributed by atoms with Gasteiger partial charge in [0.05, 0.1) is 16.0 Å². The van der Waals surface area contributed by atoms with Crippen LogP contribution in [0.4, 0.5) is 0 Å². The number of rotatable bonds is 4. The second kappa shape index (κ2) is 6.90. The second-order valence-electron chi connectivity index (χ2n) is 5.79. The van der Waals surface area contributed by atoms with Crippen LogP contribution in [0.15, 0.2) is 51.7 Å². The number of ketones is 1. The topological polar surface area (TPSA) is 67.5 Å². The van der Waals surface area contributed by atoms with Crippen LogP contribution in [-0.4, -0.2) is 10.9 Å². The molecule has 6 heteroatoms. The predicted molar refractivity (Wildman–Crippen MR) is 97.8 cm³/mol. The molecule has 4 nitrogen and oxygen atoms in total. The lowest BCUT2D eigenvalue weighted by Gasteiger charge is -2.17. The summed E-state index contributed by atoms with van der Waals surface area (Å²) < 4.78 is 5.33. The molecular weight excluding hydrogens is 363 g/mol. The third-order valence-corrected chi connectivity index (χ3v) is 4.47. The molecule has 0 spiro atoms. The maximum atomic E-state index is 12.6. The van der Waals surface area contributed by atoms with Crippen molar-refractivity contribution >= 4 is 40.0 Å². The van der Waals surface area contributed by atoms with Crippen LogP contribution in [0.5, 0.6) is 5.75 Å². The number of fused-ring (bicyclic) bond motifs is 1. The van der Waals surface area contributed by atoms with Crippen molar-refractivity contribution in [2.45, 2.75) is 19.3 Å². The molecule has 0 bridgehead atoms. The van der Waals surface area contributed by atoms with E-state index in [1.807, 2.05) is 6.07 Å². The Hall–Kier alpha value is -2.30. The van der Waals surface area contributed by atoms with Gasteiger partial charge in [-0.3, -0.25) is 4.79 Å². The minimum Gasteiger partial charge on any atom is -0.507 e. The fourth-order valence-electron chi connectivity index (χ4n) is 2.90. The molecular formula is C19H14Cl2O4. The van der Waals surface area contributed by atoms with Crippen LogP contribution >= 0.6 is 23.2 Å². The predicted octanol–water partition coefficient (Wildman–Crippen LogP) is 4.92. The van der Waals surface area contributed by atoms with Crippen LogP contribution in [0.3, 0.4) is 0 Å². The molecule has 1 unspecified atom stereocenters. The third kappa shape index (κ3) is 3.41. The monoisotopic (exact) mass is 376 g/mol. The summed E-state index contributed by atoms with van der Waals surface area (Å²) in [6, 6.07) is 11.9. The van der Waals surface area contributed by atoms with Gasteiger partial charge in [-0.2, -0.15) is 0 Å². The molecule has 0 amide bonds. The Bertz CT molecular complexity index is 1010. The molecule has 0 aliphatic heterocycles. The van der Waals surface area contributed by atoms with Crippen molar-refractivity contribution in [1.82, 2.24) is 0 Å². The molecule has 0 radical (unpaired) electrons. The van der Waals surface area contributed by atoms with E-state index in [4.69, 9.17) is 27.6 Å². The Morgan fingerprint density at radius 2 is 1.88 bits per heavy atom. The van der Waals surface area contributed by atoms with Gasteiger partial charge in [-0.15, -0.1) is 0 Å². The lowest BCUT2D eigenvalue weighted by Crippen LogP contribution is -2.16. The lowest BCUT2D eigenvalue weighted by molar-refractivity contribution is -0.117. The standard InChI is InChI=1S/C19H14Cl2O4/c1-10(22)7-13(11-5-3-2-4-6-11)16-17(23)14-8-12(20)9-15(21)18(14)25-19(16)24/h2-6,8-9,13,23H,7H2,1H3. The van der Waals surface area contributed by atoms with Gasteiger partial charge in [0.2, 0.25) is 0 Å². The normalized spacial score (nSPS) is 12.3. The quantitative estimate of drug-likeness (QED) is 0.656. The maximum Gasteiger partial charge on any atom is 0.343 e. The lowest BCUT2D eigenvalue weighted by atomic mass is 9.87. The first kappa shape index (κ1) is 17.5. The third-order valence-electron chi connectivity index (χ3n) is 3.98. The van der Waals surface area contributed by atoms with Crippen LogP contribution in [0.2, 0.25) is 10.0 Å². The van der Waals surface area contributed by atoms with Crippen LogP contribution in [0.1, 0.15) is 30.4 Å². The molecule has 3 aromatic rings. The summed E-state index contributed by atoms with van der Waals surface area (Å²) in [5.74, 6) is -1.01. The highest BCUT2D eigenvalue weighted by Crippen LogP contribution is 2.39. The number of aromatic hydroxyl groups is 1. The van der Waals surface area contributed by atoms with E-state index in [0.717, 1.165) is 5.56 Å². The van der Waals surface area contributed by atoms with Gasteiger partial charge in [0.1, 0.15) is 11.5 Å². The molecule has 0 aliphatic carbocycles. The van der Waals surface area contributed by atoms with Crippen LogP contribution < -0.4 is 5.63 Å². The SMILES string of the molecule is CC(=O)CC(c1ccccc1)c1c(O)c2cc(Cl)cc(Cl)c2oc1=O. The van der Waals surface area contributed by atoms with E-state index in [1.165, 1.54) is 19.1 Å². The minimum atomic E-state index is -0.732. The first-order chi connectivity index (χ1) is 11.9. The van der Waals surface area contributed by atoms with Gasteiger partial charge in [-0.25, -0.2) is 4.79 Å². The van der Waals surface area contributed by atoms with Gasteiger partial charge in [0.15, 0.2) is 5.58 Å². The van der Waals surface area contributed by atoms with Gasteiger partial charge in [0.25, 0.3) is 0 Å². The molecule has 0 saturated carbocycles. The molecule has 25 heavy (non-hydrogen) atoms. The number of hydrogen-bond acceptors (Lipinski definition) is 4. The summed E-state index contributed by atoms with van der Waals surface area (Å²) in [6.45, 7) is 1.43.